The Kier molecular flexibility index (Phi) is 3.47. The van der Waals surface area contributed by atoms with Gasteiger partial charge in [-0.05, 0) is 18.4 Å². The maximum absolute atomic E-state index is 12.3. The number of amides is 1. The Hall–Kier alpha value is -1.84. The lowest BCUT2D eigenvalue weighted by Gasteiger charge is -2.32. The first-order chi connectivity index (χ1) is 9.68. The van der Waals surface area contributed by atoms with Gasteiger partial charge in [0.15, 0.2) is 0 Å². The Balaban J connectivity index is 1.97. The van der Waals surface area contributed by atoms with Crippen molar-refractivity contribution >= 4 is 11.9 Å². The molecule has 1 saturated heterocycles. The molecule has 0 bridgehead atoms. The van der Waals surface area contributed by atoms with Crippen LogP contribution in [0.25, 0.3) is 0 Å². The summed E-state index contributed by atoms with van der Waals surface area (Å²) in [5, 5.41) is 9.44. The van der Waals surface area contributed by atoms with Crippen LogP contribution in [-0.2, 0) is 9.59 Å². The number of carbonyl (C=O) groups excluding carboxylic acids is 1. The van der Waals surface area contributed by atoms with E-state index in [1.165, 1.54) is 0 Å². The van der Waals surface area contributed by atoms with E-state index in [1.54, 1.807) is 0 Å². The quantitative estimate of drug-likeness (QED) is 0.921. The molecule has 1 aromatic carbocycles. The van der Waals surface area contributed by atoms with Crippen LogP contribution in [-0.4, -0.2) is 27.9 Å². The summed E-state index contributed by atoms with van der Waals surface area (Å²) in [6.07, 6.45) is 4.40. The second-order valence-corrected chi connectivity index (χ2v) is 5.74. The van der Waals surface area contributed by atoms with Crippen molar-refractivity contribution in [1.82, 2.24) is 4.90 Å². The van der Waals surface area contributed by atoms with Crippen LogP contribution >= 0.6 is 0 Å². The number of rotatable bonds is 3. The summed E-state index contributed by atoms with van der Waals surface area (Å²) in [5.41, 5.74) is 0.942. The van der Waals surface area contributed by atoms with Gasteiger partial charge in [0.1, 0.15) is 0 Å². The minimum absolute atomic E-state index is 0.00171. The molecule has 1 N–H and O–H groups in total. The van der Waals surface area contributed by atoms with Crippen molar-refractivity contribution < 1.29 is 14.7 Å². The van der Waals surface area contributed by atoms with Gasteiger partial charge >= 0.3 is 5.97 Å². The number of carboxylic acid groups (broad SMARTS) is 1. The van der Waals surface area contributed by atoms with E-state index in [2.05, 4.69) is 0 Å². The lowest BCUT2D eigenvalue weighted by atomic mass is 9.93. The molecule has 4 heteroatoms. The second-order valence-electron chi connectivity index (χ2n) is 5.74. The van der Waals surface area contributed by atoms with Crippen LogP contribution in [0.4, 0.5) is 0 Å². The van der Waals surface area contributed by atoms with E-state index in [9.17, 15) is 14.7 Å². The zero-order chi connectivity index (χ0) is 14.1. The fourth-order valence-corrected chi connectivity index (χ4v) is 3.63. The average Bonchev–Trinajstić information content (AvgIpc) is 3.06. The summed E-state index contributed by atoms with van der Waals surface area (Å²) < 4.78 is 0. The van der Waals surface area contributed by atoms with Crippen LogP contribution in [0.2, 0.25) is 0 Å². The molecular formula is C16H19NO3. The molecule has 0 spiro atoms. The highest BCUT2D eigenvalue weighted by atomic mass is 16.4. The lowest BCUT2D eigenvalue weighted by molar-refractivity contribution is -0.142. The van der Waals surface area contributed by atoms with Gasteiger partial charge < -0.3 is 10.0 Å². The first-order valence-corrected chi connectivity index (χ1v) is 7.27. The normalized spacial score (nSPS) is 27.2. The number of hydrogen-bond acceptors (Lipinski definition) is 2. The first kappa shape index (κ1) is 13.2. The Morgan fingerprint density at radius 3 is 2.40 bits per heavy atom. The number of carbonyl (C=O) groups is 2. The van der Waals surface area contributed by atoms with Crippen molar-refractivity contribution in [3.05, 3.63) is 35.9 Å². The summed E-state index contributed by atoms with van der Waals surface area (Å²) in [6, 6.07) is 9.51. The lowest BCUT2D eigenvalue weighted by Crippen LogP contribution is -2.37. The molecule has 1 amide bonds. The summed E-state index contributed by atoms with van der Waals surface area (Å²) in [6.45, 7) is 0. The SMILES string of the molecule is O=C(O)C1CC(=O)N(C2CCCC2)C1c1ccccc1. The molecule has 2 fully saturated rings. The summed E-state index contributed by atoms with van der Waals surface area (Å²) in [5.74, 6) is -1.49. The number of nitrogens with zero attached hydrogens (tertiary/aromatic N) is 1. The van der Waals surface area contributed by atoms with Gasteiger partial charge in [-0.25, -0.2) is 0 Å². The highest BCUT2D eigenvalue weighted by Crippen LogP contribution is 2.42. The molecule has 1 heterocycles. The third-order valence-corrected chi connectivity index (χ3v) is 4.54. The molecule has 0 aromatic heterocycles. The third kappa shape index (κ3) is 2.19. The predicted octanol–water partition coefficient (Wildman–Crippen LogP) is 2.60. The van der Waals surface area contributed by atoms with Gasteiger partial charge in [-0.2, -0.15) is 0 Å². The molecule has 1 saturated carbocycles. The van der Waals surface area contributed by atoms with Crippen LogP contribution in [0.5, 0.6) is 0 Å². The topological polar surface area (TPSA) is 57.6 Å². The third-order valence-electron chi connectivity index (χ3n) is 4.54. The second kappa shape index (κ2) is 5.27. The number of benzene rings is 1. The van der Waals surface area contributed by atoms with Crippen molar-refractivity contribution in [1.29, 1.82) is 0 Å². The molecule has 2 aliphatic rings. The Morgan fingerprint density at radius 2 is 1.80 bits per heavy atom. The molecule has 106 valence electrons. The van der Waals surface area contributed by atoms with Gasteiger partial charge in [0, 0.05) is 12.5 Å². The smallest absolute Gasteiger partial charge is 0.309 e. The molecule has 1 aromatic rings. The van der Waals surface area contributed by atoms with Gasteiger partial charge in [0.25, 0.3) is 0 Å². The average molecular weight is 273 g/mol. The monoisotopic (exact) mass is 273 g/mol. The van der Waals surface area contributed by atoms with Crippen molar-refractivity contribution in [3.8, 4) is 0 Å². The van der Waals surface area contributed by atoms with Crippen molar-refractivity contribution in [3.63, 3.8) is 0 Å². The van der Waals surface area contributed by atoms with Gasteiger partial charge in [0.05, 0.1) is 12.0 Å². The molecule has 0 radical (unpaired) electrons. The van der Waals surface area contributed by atoms with E-state index >= 15 is 0 Å². The molecule has 3 rings (SSSR count). The van der Waals surface area contributed by atoms with Gasteiger partial charge in [-0.1, -0.05) is 43.2 Å². The largest absolute Gasteiger partial charge is 0.481 e. The minimum atomic E-state index is -0.868. The number of aliphatic carboxylic acids is 1. The Bertz CT molecular complexity index is 508. The van der Waals surface area contributed by atoms with Crippen LogP contribution < -0.4 is 0 Å². The van der Waals surface area contributed by atoms with Crippen LogP contribution in [0, 0.1) is 5.92 Å². The predicted molar refractivity (Wildman–Crippen MR) is 74.0 cm³/mol. The zero-order valence-corrected chi connectivity index (χ0v) is 11.4. The summed E-state index contributed by atoms with van der Waals surface area (Å²) in [4.78, 5) is 25.7. The molecular weight excluding hydrogens is 254 g/mol. The van der Waals surface area contributed by atoms with E-state index in [4.69, 9.17) is 0 Å². The highest BCUT2D eigenvalue weighted by Gasteiger charge is 2.47. The maximum Gasteiger partial charge on any atom is 0.309 e. The van der Waals surface area contributed by atoms with Crippen LogP contribution in [0.15, 0.2) is 30.3 Å². The van der Waals surface area contributed by atoms with E-state index in [-0.39, 0.29) is 24.4 Å². The summed E-state index contributed by atoms with van der Waals surface area (Å²) >= 11 is 0. The molecule has 4 nitrogen and oxygen atoms in total. The van der Waals surface area contributed by atoms with Crippen molar-refractivity contribution in [2.75, 3.05) is 0 Å². The first-order valence-electron chi connectivity index (χ1n) is 7.27. The van der Waals surface area contributed by atoms with Gasteiger partial charge in [-0.3, -0.25) is 9.59 Å². The fourth-order valence-electron chi connectivity index (χ4n) is 3.63. The standard InChI is InChI=1S/C16H19NO3/c18-14-10-13(16(19)20)15(11-6-2-1-3-7-11)17(14)12-8-4-5-9-12/h1-3,6-7,12-13,15H,4-5,8-10H2,(H,19,20). The Morgan fingerprint density at radius 1 is 1.15 bits per heavy atom. The van der Waals surface area contributed by atoms with E-state index < -0.39 is 11.9 Å². The number of carboxylic acids is 1. The van der Waals surface area contributed by atoms with Crippen LogP contribution in [0.1, 0.15) is 43.7 Å². The van der Waals surface area contributed by atoms with Crippen molar-refractivity contribution in [2.24, 2.45) is 5.92 Å². The molecule has 2 unspecified atom stereocenters. The molecule has 2 atom stereocenters. The Labute approximate surface area is 118 Å². The molecule has 20 heavy (non-hydrogen) atoms. The fraction of sp³-hybridized carbons (Fsp3) is 0.500. The zero-order valence-electron chi connectivity index (χ0n) is 11.4. The number of hydrogen-bond donors (Lipinski definition) is 1. The molecule has 1 aliphatic heterocycles. The summed E-state index contributed by atoms with van der Waals surface area (Å²) in [7, 11) is 0. The molecule has 1 aliphatic carbocycles. The maximum atomic E-state index is 12.3. The van der Waals surface area contributed by atoms with Crippen molar-refractivity contribution in [2.45, 2.75) is 44.2 Å². The van der Waals surface area contributed by atoms with E-state index in [1.807, 2.05) is 35.2 Å². The van der Waals surface area contributed by atoms with Gasteiger partial charge in [-0.15, -0.1) is 0 Å². The van der Waals surface area contributed by atoms with E-state index in [0.29, 0.717) is 0 Å². The highest BCUT2D eigenvalue weighted by molar-refractivity contribution is 5.87. The van der Waals surface area contributed by atoms with Crippen LogP contribution in [0.3, 0.4) is 0 Å². The number of likely N-dealkylation sites (tertiary alicyclic amines) is 1. The van der Waals surface area contributed by atoms with Gasteiger partial charge in [0.2, 0.25) is 5.91 Å². The minimum Gasteiger partial charge on any atom is -0.481 e. The van der Waals surface area contributed by atoms with E-state index in [0.717, 1.165) is 31.2 Å².